The molecule has 1 aromatic carbocycles. The summed E-state index contributed by atoms with van der Waals surface area (Å²) in [6.45, 7) is 2.26. The van der Waals surface area contributed by atoms with Crippen LogP contribution in [0, 0.1) is 24.1 Å². The van der Waals surface area contributed by atoms with E-state index in [1.807, 2.05) is 13.0 Å². The first-order valence-electron chi connectivity index (χ1n) is 6.06. The number of nitrogens with one attached hydrogen (secondary N) is 1. The number of aryl methyl sites for hydroxylation is 2. The van der Waals surface area contributed by atoms with E-state index in [-0.39, 0.29) is 0 Å². The largest absolute Gasteiger partial charge is 0.481 e. The minimum absolute atomic E-state index is 0.295. The predicted octanol–water partition coefficient (Wildman–Crippen LogP) is 2.36. The second-order valence-corrected chi connectivity index (χ2v) is 4.36. The van der Waals surface area contributed by atoms with Crippen molar-refractivity contribution in [2.45, 2.75) is 13.5 Å². The van der Waals surface area contributed by atoms with E-state index in [4.69, 9.17) is 10.00 Å². The quantitative estimate of drug-likeness (QED) is 0.929. The number of anilines is 1. The number of halogens is 1. The third-order valence-electron chi connectivity index (χ3n) is 3.04. The standard InChI is InChI=1S/C14H15FN4O/c1-9-11(14(20-3)19(2)18-9)8-17-13-5-4-10(7-16)6-12(13)15/h4-6,17H,8H2,1-3H3. The van der Waals surface area contributed by atoms with Crippen LogP contribution in [-0.4, -0.2) is 16.9 Å². The van der Waals surface area contributed by atoms with E-state index in [0.717, 1.165) is 11.3 Å². The molecule has 0 unspecified atom stereocenters. The van der Waals surface area contributed by atoms with Crippen LogP contribution in [0.15, 0.2) is 18.2 Å². The van der Waals surface area contributed by atoms with Gasteiger partial charge in [-0.15, -0.1) is 0 Å². The van der Waals surface area contributed by atoms with Gasteiger partial charge in [0.25, 0.3) is 0 Å². The summed E-state index contributed by atoms with van der Waals surface area (Å²) < 4.78 is 20.7. The fraction of sp³-hybridized carbons (Fsp3) is 0.286. The Hall–Kier alpha value is -2.55. The Morgan fingerprint density at radius 3 is 2.85 bits per heavy atom. The first-order chi connectivity index (χ1) is 9.56. The van der Waals surface area contributed by atoms with Crippen molar-refractivity contribution in [3.63, 3.8) is 0 Å². The zero-order valence-electron chi connectivity index (χ0n) is 11.6. The van der Waals surface area contributed by atoms with E-state index in [9.17, 15) is 4.39 Å². The van der Waals surface area contributed by atoms with Gasteiger partial charge in [0.1, 0.15) is 5.82 Å². The number of aromatic nitrogens is 2. The molecule has 0 saturated carbocycles. The van der Waals surface area contributed by atoms with Crippen molar-refractivity contribution in [3.05, 3.63) is 40.8 Å². The van der Waals surface area contributed by atoms with Gasteiger partial charge in [-0.3, -0.25) is 0 Å². The minimum Gasteiger partial charge on any atom is -0.481 e. The van der Waals surface area contributed by atoms with Crippen LogP contribution in [0.25, 0.3) is 0 Å². The molecule has 0 saturated heterocycles. The molecule has 1 N–H and O–H groups in total. The fourth-order valence-corrected chi connectivity index (χ4v) is 2.05. The van der Waals surface area contributed by atoms with Crippen LogP contribution in [0.2, 0.25) is 0 Å². The van der Waals surface area contributed by atoms with Crippen LogP contribution < -0.4 is 10.1 Å². The summed E-state index contributed by atoms with van der Waals surface area (Å²) in [6.07, 6.45) is 0. The third kappa shape index (κ3) is 2.57. The molecule has 1 heterocycles. The number of rotatable bonds is 4. The molecule has 104 valence electrons. The number of nitriles is 1. The van der Waals surface area contributed by atoms with E-state index in [1.54, 1.807) is 31.0 Å². The van der Waals surface area contributed by atoms with Crippen LogP contribution in [0.3, 0.4) is 0 Å². The van der Waals surface area contributed by atoms with E-state index in [0.29, 0.717) is 23.7 Å². The summed E-state index contributed by atoms with van der Waals surface area (Å²) >= 11 is 0. The number of nitrogens with zero attached hydrogens (tertiary/aromatic N) is 3. The van der Waals surface area contributed by atoms with Gasteiger partial charge in [-0.1, -0.05) is 0 Å². The van der Waals surface area contributed by atoms with Gasteiger partial charge in [0.2, 0.25) is 5.88 Å². The maximum atomic E-state index is 13.8. The monoisotopic (exact) mass is 274 g/mol. The highest BCUT2D eigenvalue weighted by Gasteiger charge is 2.14. The SMILES string of the molecule is COc1c(CNc2ccc(C#N)cc2F)c(C)nn1C. The maximum Gasteiger partial charge on any atom is 0.216 e. The third-order valence-corrected chi connectivity index (χ3v) is 3.04. The molecule has 5 nitrogen and oxygen atoms in total. The van der Waals surface area contributed by atoms with Crippen LogP contribution in [0.1, 0.15) is 16.8 Å². The number of hydrogen-bond donors (Lipinski definition) is 1. The van der Waals surface area contributed by atoms with Crippen molar-refractivity contribution in [3.8, 4) is 11.9 Å². The molecule has 0 aliphatic carbocycles. The van der Waals surface area contributed by atoms with Crippen molar-refractivity contribution in [1.29, 1.82) is 5.26 Å². The lowest BCUT2D eigenvalue weighted by atomic mass is 10.2. The van der Waals surface area contributed by atoms with Gasteiger partial charge in [-0.2, -0.15) is 10.4 Å². The summed E-state index contributed by atoms with van der Waals surface area (Å²) in [7, 11) is 3.36. The highest BCUT2D eigenvalue weighted by molar-refractivity contribution is 5.50. The molecular weight excluding hydrogens is 259 g/mol. The lowest BCUT2D eigenvalue weighted by molar-refractivity contribution is 0.369. The molecule has 0 amide bonds. The van der Waals surface area contributed by atoms with Crippen LogP contribution in [-0.2, 0) is 13.6 Å². The molecule has 6 heteroatoms. The first-order valence-corrected chi connectivity index (χ1v) is 6.06. The lowest BCUT2D eigenvalue weighted by Crippen LogP contribution is -2.04. The van der Waals surface area contributed by atoms with Gasteiger partial charge in [-0.05, 0) is 25.1 Å². The minimum atomic E-state index is -0.454. The zero-order valence-corrected chi connectivity index (χ0v) is 11.6. The van der Waals surface area contributed by atoms with Crippen molar-refractivity contribution >= 4 is 5.69 Å². The summed E-state index contributed by atoms with van der Waals surface area (Å²) in [4.78, 5) is 0. The Morgan fingerprint density at radius 2 is 2.25 bits per heavy atom. The summed E-state index contributed by atoms with van der Waals surface area (Å²) in [6, 6.07) is 6.22. The van der Waals surface area contributed by atoms with E-state index < -0.39 is 5.82 Å². The predicted molar refractivity (Wildman–Crippen MR) is 72.9 cm³/mol. The number of methoxy groups -OCH3 is 1. The van der Waals surface area contributed by atoms with Crippen molar-refractivity contribution in [2.75, 3.05) is 12.4 Å². The average molecular weight is 274 g/mol. The van der Waals surface area contributed by atoms with Gasteiger partial charge in [-0.25, -0.2) is 9.07 Å². The Morgan fingerprint density at radius 1 is 1.50 bits per heavy atom. The highest BCUT2D eigenvalue weighted by atomic mass is 19.1. The van der Waals surface area contributed by atoms with Gasteiger partial charge in [0.15, 0.2) is 0 Å². The van der Waals surface area contributed by atoms with Gasteiger partial charge < -0.3 is 10.1 Å². The molecule has 0 radical (unpaired) electrons. The molecule has 0 spiro atoms. The second-order valence-electron chi connectivity index (χ2n) is 4.36. The number of hydrogen-bond acceptors (Lipinski definition) is 4. The Kier molecular flexibility index (Phi) is 3.89. The molecule has 0 bridgehead atoms. The molecular formula is C14H15FN4O. The van der Waals surface area contributed by atoms with Gasteiger partial charge in [0, 0.05) is 13.6 Å². The van der Waals surface area contributed by atoms with E-state index in [1.165, 1.54) is 6.07 Å². The molecule has 2 aromatic rings. The topological polar surface area (TPSA) is 62.9 Å². The van der Waals surface area contributed by atoms with E-state index in [2.05, 4.69) is 10.4 Å². The lowest BCUT2D eigenvalue weighted by Gasteiger charge is -2.09. The van der Waals surface area contributed by atoms with Crippen LogP contribution in [0.4, 0.5) is 10.1 Å². The number of benzene rings is 1. The van der Waals surface area contributed by atoms with Crippen molar-refractivity contribution < 1.29 is 9.13 Å². The Labute approximate surface area is 116 Å². The highest BCUT2D eigenvalue weighted by Crippen LogP contribution is 2.23. The molecule has 0 atom stereocenters. The van der Waals surface area contributed by atoms with Crippen molar-refractivity contribution in [2.24, 2.45) is 7.05 Å². The molecule has 0 aliphatic heterocycles. The second kappa shape index (κ2) is 5.61. The average Bonchev–Trinajstić information content (AvgIpc) is 2.70. The first kappa shape index (κ1) is 13.9. The van der Waals surface area contributed by atoms with Crippen molar-refractivity contribution in [1.82, 2.24) is 9.78 Å². The van der Waals surface area contributed by atoms with E-state index >= 15 is 0 Å². The zero-order chi connectivity index (χ0) is 14.7. The van der Waals surface area contributed by atoms with Gasteiger partial charge in [0.05, 0.1) is 35.7 Å². The normalized spacial score (nSPS) is 10.2. The molecule has 1 aromatic heterocycles. The maximum absolute atomic E-state index is 13.8. The molecule has 0 aliphatic rings. The summed E-state index contributed by atoms with van der Waals surface area (Å²) in [5.41, 5.74) is 2.34. The Balaban J connectivity index is 2.19. The smallest absolute Gasteiger partial charge is 0.216 e. The molecule has 20 heavy (non-hydrogen) atoms. The summed E-state index contributed by atoms with van der Waals surface area (Å²) in [5.74, 6) is 0.189. The molecule has 2 rings (SSSR count). The Bertz CT molecular complexity index is 673. The van der Waals surface area contributed by atoms with Gasteiger partial charge >= 0.3 is 0 Å². The number of ether oxygens (including phenoxy) is 1. The molecule has 0 fully saturated rings. The van der Waals surface area contributed by atoms with Crippen LogP contribution >= 0.6 is 0 Å². The summed E-state index contributed by atoms with van der Waals surface area (Å²) in [5, 5.41) is 16.0. The fourth-order valence-electron chi connectivity index (χ4n) is 2.05. The van der Waals surface area contributed by atoms with Crippen LogP contribution in [0.5, 0.6) is 5.88 Å².